The van der Waals surface area contributed by atoms with E-state index in [1.54, 1.807) is 0 Å². The lowest BCUT2D eigenvalue weighted by atomic mass is 9.94. The predicted molar refractivity (Wildman–Crippen MR) is 109 cm³/mol. The number of carbonyl (C=O) groups is 1. The van der Waals surface area contributed by atoms with E-state index in [4.69, 9.17) is 4.74 Å². The Morgan fingerprint density at radius 1 is 1.11 bits per heavy atom. The third kappa shape index (κ3) is 6.03. The van der Waals surface area contributed by atoms with Gasteiger partial charge in [-0.25, -0.2) is 0 Å². The molecule has 1 unspecified atom stereocenters. The molecule has 5 heteroatoms. The molecule has 0 bridgehead atoms. The van der Waals surface area contributed by atoms with Gasteiger partial charge in [-0.15, -0.1) is 0 Å². The standard InChI is InChI=1S/C22H35N3O2/c1-23(2)18-19-8-10-20(11-9-19)21-6-3-4-13-25(21)22(26)7-5-12-24-14-16-27-17-15-24/h8-11,21H,3-7,12-18H2,1-2H3. The zero-order valence-corrected chi connectivity index (χ0v) is 17.0. The second-order valence-electron chi connectivity index (χ2n) is 8.14. The average molecular weight is 374 g/mol. The van der Waals surface area contributed by atoms with Crippen LogP contribution in [0.15, 0.2) is 24.3 Å². The van der Waals surface area contributed by atoms with E-state index in [1.165, 1.54) is 17.5 Å². The van der Waals surface area contributed by atoms with Crippen molar-refractivity contribution in [1.82, 2.24) is 14.7 Å². The molecule has 1 aromatic rings. The van der Waals surface area contributed by atoms with Crippen molar-refractivity contribution in [2.45, 2.75) is 44.7 Å². The summed E-state index contributed by atoms with van der Waals surface area (Å²) in [6.45, 7) is 6.51. The van der Waals surface area contributed by atoms with Crippen molar-refractivity contribution in [2.75, 3.05) is 53.5 Å². The molecule has 0 aromatic heterocycles. The highest BCUT2D eigenvalue weighted by Gasteiger charge is 2.27. The highest BCUT2D eigenvalue weighted by Crippen LogP contribution is 2.31. The van der Waals surface area contributed by atoms with E-state index in [2.05, 4.69) is 53.1 Å². The van der Waals surface area contributed by atoms with Crippen LogP contribution in [0.4, 0.5) is 0 Å². The van der Waals surface area contributed by atoms with Gasteiger partial charge in [-0.1, -0.05) is 24.3 Å². The molecule has 1 amide bonds. The molecule has 0 aliphatic carbocycles. The van der Waals surface area contributed by atoms with E-state index < -0.39 is 0 Å². The Balaban J connectivity index is 1.54. The Bertz CT molecular complexity index is 582. The van der Waals surface area contributed by atoms with E-state index >= 15 is 0 Å². The zero-order valence-electron chi connectivity index (χ0n) is 17.0. The summed E-state index contributed by atoms with van der Waals surface area (Å²) in [5.41, 5.74) is 2.61. The third-order valence-electron chi connectivity index (χ3n) is 5.66. The van der Waals surface area contributed by atoms with Gasteiger partial charge in [0.2, 0.25) is 5.91 Å². The summed E-state index contributed by atoms with van der Waals surface area (Å²) in [4.78, 5) is 19.6. The lowest BCUT2D eigenvalue weighted by Gasteiger charge is -2.36. The van der Waals surface area contributed by atoms with Crippen LogP contribution >= 0.6 is 0 Å². The number of rotatable bonds is 7. The first-order chi connectivity index (χ1) is 13.1. The summed E-state index contributed by atoms with van der Waals surface area (Å²) in [5, 5.41) is 0. The average Bonchev–Trinajstić information content (AvgIpc) is 2.69. The number of carbonyl (C=O) groups excluding carboxylic acids is 1. The summed E-state index contributed by atoms with van der Waals surface area (Å²) in [5.74, 6) is 0.324. The molecule has 1 atom stereocenters. The van der Waals surface area contributed by atoms with E-state index in [0.717, 1.165) is 65.2 Å². The minimum Gasteiger partial charge on any atom is -0.379 e. The van der Waals surface area contributed by atoms with Crippen LogP contribution in [0.25, 0.3) is 0 Å². The normalized spacial score (nSPS) is 21.6. The molecule has 2 heterocycles. The van der Waals surface area contributed by atoms with E-state index in [9.17, 15) is 4.79 Å². The van der Waals surface area contributed by atoms with E-state index in [0.29, 0.717) is 12.3 Å². The quantitative estimate of drug-likeness (QED) is 0.736. The molecule has 0 radical (unpaired) electrons. The van der Waals surface area contributed by atoms with Crippen molar-refractivity contribution in [3.63, 3.8) is 0 Å². The van der Waals surface area contributed by atoms with Gasteiger partial charge in [-0.05, 0) is 57.5 Å². The Morgan fingerprint density at radius 3 is 2.56 bits per heavy atom. The van der Waals surface area contributed by atoms with E-state index in [-0.39, 0.29) is 6.04 Å². The first kappa shape index (κ1) is 20.3. The molecular weight excluding hydrogens is 338 g/mol. The first-order valence-electron chi connectivity index (χ1n) is 10.5. The maximum absolute atomic E-state index is 12.9. The molecular formula is C22H35N3O2. The SMILES string of the molecule is CN(C)Cc1ccc(C2CCCCN2C(=O)CCCN2CCOCC2)cc1. The summed E-state index contributed by atoms with van der Waals surface area (Å²) in [6, 6.07) is 9.13. The second kappa shape index (κ2) is 10.2. The number of nitrogens with zero attached hydrogens (tertiary/aromatic N) is 3. The number of benzene rings is 1. The Hall–Kier alpha value is -1.43. The molecule has 1 aromatic carbocycles. The third-order valence-corrected chi connectivity index (χ3v) is 5.66. The van der Waals surface area contributed by atoms with Crippen molar-refractivity contribution in [3.8, 4) is 0 Å². The van der Waals surface area contributed by atoms with Crippen molar-refractivity contribution in [3.05, 3.63) is 35.4 Å². The first-order valence-corrected chi connectivity index (χ1v) is 10.5. The van der Waals surface area contributed by atoms with Gasteiger partial charge in [-0.3, -0.25) is 9.69 Å². The molecule has 2 fully saturated rings. The molecule has 27 heavy (non-hydrogen) atoms. The molecule has 3 rings (SSSR count). The van der Waals surface area contributed by atoms with Crippen molar-refractivity contribution in [2.24, 2.45) is 0 Å². The van der Waals surface area contributed by atoms with Gasteiger partial charge in [0.05, 0.1) is 19.3 Å². The van der Waals surface area contributed by atoms with Crippen LogP contribution in [0.5, 0.6) is 0 Å². The highest BCUT2D eigenvalue weighted by molar-refractivity contribution is 5.76. The second-order valence-corrected chi connectivity index (χ2v) is 8.14. The Kier molecular flexibility index (Phi) is 7.68. The molecule has 0 spiro atoms. The van der Waals surface area contributed by atoms with Gasteiger partial charge in [0.1, 0.15) is 0 Å². The van der Waals surface area contributed by atoms with Gasteiger partial charge in [0, 0.05) is 32.6 Å². The Labute approximate surface area is 164 Å². The number of piperidine rings is 1. The summed E-state index contributed by atoms with van der Waals surface area (Å²) in [7, 11) is 4.18. The number of hydrogen-bond acceptors (Lipinski definition) is 4. The minimum absolute atomic E-state index is 0.253. The number of ether oxygens (including phenoxy) is 1. The highest BCUT2D eigenvalue weighted by atomic mass is 16.5. The van der Waals surface area contributed by atoms with Crippen molar-refractivity contribution >= 4 is 5.91 Å². The van der Waals surface area contributed by atoms with Crippen LogP contribution in [0.1, 0.15) is 49.3 Å². The van der Waals surface area contributed by atoms with E-state index in [1.807, 2.05) is 0 Å². The van der Waals surface area contributed by atoms with Crippen LogP contribution in [-0.4, -0.2) is 74.1 Å². The fourth-order valence-electron chi connectivity index (χ4n) is 4.21. The van der Waals surface area contributed by atoms with Gasteiger partial charge < -0.3 is 14.5 Å². The number of likely N-dealkylation sites (tertiary alicyclic amines) is 1. The minimum atomic E-state index is 0.253. The molecule has 0 saturated carbocycles. The lowest BCUT2D eigenvalue weighted by Crippen LogP contribution is -2.40. The van der Waals surface area contributed by atoms with Gasteiger partial charge >= 0.3 is 0 Å². The van der Waals surface area contributed by atoms with Crippen LogP contribution in [0.2, 0.25) is 0 Å². The maximum Gasteiger partial charge on any atom is 0.223 e. The van der Waals surface area contributed by atoms with Crippen LogP contribution in [-0.2, 0) is 16.1 Å². The van der Waals surface area contributed by atoms with Gasteiger partial charge in [-0.2, -0.15) is 0 Å². The number of morpholine rings is 1. The van der Waals surface area contributed by atoms with Crippen LogP contribution in [0, 0.1) is 0 Å². The molecule has 0 N–H and O–H groups in total. The molecule has 5 nitrogen and oxygen atoms in total. The van der Waals surface area contributed by atoms with Crippen molar-refractivity contribution < 1.29 is 9.53 Å². The largest absolute Gasteiger partial charge is 0.379 e. The fraction of sp³-hybridized carbons (Fsp3) is 0.682. The van der Waals surface area contributed by atoms with Gasteiger partial charge in [0.25, 0.3) is 0 Å². The Morgan fingerprint density at radius 2 is 1.85 bits per heavy atom. The number of amides is 1. The predicted octanol–water partition coefficient (Wildman–Crippen LogP) is 2.91. The molecule has 2 saturated heterocycles. The monoisotopic (exact) mass is 373 g/mol. The molecule has 2 aliphatic rings. The van der Waals surface area contributed by atoms with Gasteiger partial charge in [0.15, 0.2) is 0 Å². The smallest absolute Gasteiger partial charge is 0.223 e. The number of hydrogen-bond donors (Lipinski definition) is 0. The van der Waals surface area contributed by atoms with Crippen molar-refractivity contribution in [1.29, 1.82) is 0 Å². The summed E-state index contributed by atoms with van der Waals surface area (Å²) >= 11 is 0. The summed E-state index contributed by atoms with van der Waals surface area (Å²) < 4.78 is 5.40. The maximum atomic E-state index is 12.9. The summed E-state index contributed by atoms with van der Waals surface area (Å²) in [6.07, 6.45) is 5.03. The topological polar surface area (TPSA) is 36.0 Å². The van der Waals surface area contributed by atoms with Crippen LogP contribution in [0.3, 0.4) is 0 Å². The lowest BCUT2D eigenvalue weighted by molar-refractivity contribution is -0.135. The molecule has 150 valence electrons. The molecule has 2 aliphatic heterocycles. The fourth-order valence-corrected chi connectivity index (χ4v) is 4.21. The van der Waals surface area contributed by atoms with Crippen LogP contribution < -0.4 is 0 Å². The zero-order chi connectivity index (χ0) is 19.1.